The molecule has 1 unspecified atom stereocenters. The molecule has 0 radical (unpaired) electrons. The predicted molar refractivity (Wildman–Crippen MR) is 58.5 cm³/mol. The first kappa shape index (κ1) is 23.6. The van der Waals surface area contributed by atoms with Gasteiger partial charge in [0, 0.05) is 6.20 Å². The second kappa shape index (κ2) is 9.37. The van der Waals surface area contributed by atoms with Crippen LogP contribution in [-0.2, 0) is 13.8 Å². The number of phosphoric acid groups is 1. The van der Waals surface area contributed by atoms with Gasteiger partial charge in [-0.1, -0.05) is 0 Å². The quantitative estimate of drug-likeness (QED) is 0.388. The number of aliphatic hydroxyl groups is 1. The third kappa shape index (κ3) is 6.14. The van der Waals surface area contributed by atoms with Crippen molar-refractivity contribution in [3.63, 3.8) is 0 Å². The van der Waals surface area contributed by atoms with Gasteiger partial charge in [-0.05, 0) is 11.9 Å². The van der Waals surface area contributed by atoms with Gasteiger partial charge in [-0.15, -0.1) is 0 Å². The Hall–Kier alpha value is 0.640. The number of alkyl halides is 1. The molecule has 1 aromatic heterocycles. The molecule has 1 aliphatic rings. The van der Waals surface area contributed by atoms with Gasteiger partial charge in [-0.2, -0.15) is 0 Å². The van der Waals surface area contributed by atoms with Gasteiger partial charge in [0.1, 0.15) is 12.2 Å². The minimum absolute atomic E-state index is 0. The topological polar surface area (TPSA) is 157 Å². The summed E-state index contributed by atoms with van der Waals surface area (Å²) in [5.41, 5.74) is -1.08. The Morgan fingerprint density at radius 2 is 2.13 bits per heavy atom. The Kier molecular flexibility index (Phi) is 9.63. The van der Waals surface area contributed by atoms with Crippen molar-refractivity contribution < 1.29 is 97.3 Å². The van der Waals surface area contributed by atoms with Crippen LogP contribution in [0.3, 0.4) is 0 Å². The van der Waals surface area contributed by atoms with E-state index in [1.807, 2.05) is 0 Å². The zero-order valence-electron chi connectivity index (χ0n) is 12.2. The minimum Gasteiger partial charge on any atom is -0.858 e. The molecule has 118 valence electrons. The molecule has 0 amide bonds. The van der Waals surface area contributed by atoms with E-state index in [0.29, 0.717) is 4.57 Å². The summed E-state index contributed by atoms with van der Waals surface area (Å²) in [6.07, 6.45) is -5.96. The van der Waals surface area contributed by atoms with Crippen LogP contribution in [0.4, 0.5) is 4.39 Å². The second-order valence-corrected chi connectivity index (χ2v) is 5.42. The van der Waals surface area contributed by atoms with E-state index in [0.717, 1.165) is 12.3 Å². The van der Waals surface area contributed by atoms with Crippen molar-refractivity contribution >= 4 is 7.82 Å². The maximum atomic E-state index is 13.9. The summed E-state index contributed by atoms with van der Waals surface area (Å²) in [6.45, 7) is -0.836. The average Bonchev–Trinajstić information content (AvgIpc) is 2.64. The first-order chi connectivity index (χ1) is 9.69. The van der Waals surface area contributed by atoms with Crippen LogP contribution in [0.2, 0.25) is 0 Å². The zero-order valence-corrected chi connectivity index (χ0v) is 17.1. The fourth-order valence-electron chi connectivity index (χ4n) is 1.82. The molecule has 0 aliphatic carbocycles. The van der Waals surface area contributed by atoms with Crippen molar-refractivity contribution in [1.29, 1.82) is 0 Å². The van der Waals surface area contributed by atoms with Gasteiger partial charge < -0.3 is 29.3 Å². The monoisotopic (exact) mass is 370 g/mol. The number of aromatic nitrogens is 2. The molecule has 0 spiro atoms. The molecule has 1 aromatic rings. The molecule has 14 heteroatoms. The molecular weight excluding hydrogens is 360 g/mol. The second-order valence-electron chi connectivity index (χ2n) is 4.22. The van der Waals surface area contributed by atoms with Gasteiger partial charge in [0.15, 0.2) is 12.4 Å². The maximum absolute atomic E-state index is 13.9. The number of phosphoric ester groups is 1. The smallest absolute Gasteiger partial charge is 0.858 e. The number of rotatable bonds is 4. The Bertz CT molecular complexity index is 628. The Balaban J connectivity index is 0.00000242. The molecule has 1 aliphatic heterocycles. The SMILES string of the molecule is O=c1nc([O-])ccn1[C@@H]1O[C@H](COP(=O)([O-])O)[C@@H](O)[C@H]1F.[Na+].[Na+]. The van der Waals surface area contributed by atoms with Crippen molar-refractivity contribution in [3.05, 3.63) is 22.7 Å². The van der Waals surface area contributed by atoms with E-state index in [2.05, 4.69) is 9.51 Å². The minimum atomic E-state index is -5.06. The Morgan fingerprint density at radius 1 is 1.52 bits per heavy atom. The third-order valence-electron chi connectivity index (χ3n) is 2.77. The summed E-state index contributed by atoms with van der Waals surface area (Å²) < 4.78 is 34.0. The molecule has 23 heavy (non-hydrogen) atoms. The number of hydrogen-bond acceptors (Lipinski definition) is 8. The van der Waals surface area contributed by atoms with Gasteiger partial charge in [0.25, 0.3) is 7.82 Å². The maximum Gasteiger partial charge on any atom is 1.00 e. The largest absolute Gasteiger partial charge is 1.00 e. The fraction of sp³-hybridized carbons (Fsp3) is 0.556. The summed E-state index contributed by atoms with van der Waals surface area (Å²) in [5.74, 6) is -0.822. The molecule has 1 fully saturated rings. The molecule has 2 rings (SSSR count). The summed E-state index contributed by atoms with van der Waals surface area (Å²) in [4.78, 5) is 33.4. The Morgan fingerprint density at radius 3 is 2.65 bits per heavy atom. The number of nitrogens with zero attached hydrogens (tertiary/aromatic N) is 2. The van der Waals surface area contributed by atoms with Crippen molar-refractivity contribution in [1.82, 2.24) is 9.55 Å². The fourth-order valence-corrected chi connectivity index (χ4v) is 2.16. The molecule has 1 saturated heterocycles. The van der Waals surface area contributed by atoms with Gasteiger partial charge in [0.05, 0.1) is 6.61 Å². The number of halogens is 1. The van der Waals surface area contributed by atoms with Crippen LogP contribution in [0, 0.1) is 0 Å². The summed E-state index contributed by atoms with van der Waals surface area (Å²) in [6, 6.07) is 0.896. The number of ether oxygens (including phenoxy) is 1. The van der Waals surface area contributed by atoms with Crippen molar-refractivity contribution in [3.8, 4) is 5.88 Å². The zero-order chi connectivity index (χ0) is 15.8. The van der Waals surface area contributed by atoms with Crippen LogP contribution in [-0.4, -0.2) is 44.5 Å². The number of hydrogen-bond donors (Lipinski definition) is 2. The Labute approximate surface area is 173 Å². The number of aliphatic hydroxyl groups excluding tert-OH is 1. The first-order valence-electron chi connectivity index (χ1n) is 5.61. The van der Waals surface area contributed by atoms with E-state index < -0.39 is 50.6 Å². The average molecular weight is 370 g/mol. The normalized spacial score (nSPS) is 29.2. The van der Waals surface area contributed by atoms with Crippen LogP contribution in [0.1, 0.15) is 6.23 Å². The molecule has 2 N–H and O–H groups in total. The molecule has 0 saturated carbocycles. The standard InChI is InChI=1S/C9H12FN2O8P.2Na/c10-6-7(14)4(3-19-21(16,17)18)20-8(6)12-2-1-5(13)11-9(12)15;;/h1-2,4,6-8,14H,3H2,(H,11,13,15)(H2,16,17,18);;/q;2*+1/p-2/t4-,6-,7-,8-;;/m1../s1. The van der Waals surface area contributed by atoms with Crippen LogP contribution in [0.5, 0.6) is 5.88 Å². The molecule has 5 atom stereocenters. The van der Waals surface area contributed by atoms with Crippen LogP contribution in [0.25, 0.3) is 0 Å². The van der Waals surface area contributed by atoms with Crippen LogP contribution >= 0.6 is 7.82 Å². The van der Waals surface area contributed by atoms with Crippen LogP contribution < -0.4 is 74.8 Å². The van der Waals surface area contributed by atoms with E-state index >= 15 is 0 Å². The molecule has 2 heterocycles. The van der Waals surface area contributed by atoms with Crippen molar-refractivity contribution in [2.75, 3.05) is 6.61 Å². The van der Waals surface area contributed by atoms with Crippen LogP contribution in [0.15, 0.2) is 17.1 Å². The summed E-state index contributed by atoms with van der Waals surface area (Å²) in [7, 11) is -5.06. The summed E-state index contributed by atoms with van der Waals surface area (Å²) >= 11 is 0. The van der Waals surface area contributed by atoms with Gasteiger partial charge >= 0.3 is 64.8 Å². The molecule has 0 bridgehead atoms. The molecule has 10 nitrogen and oxygen atoms in total. The third-order valence-corrected chi connectivity index (χ3v) is 3.25. The van der Waals surface area contributed by atoms with Crippen molar-refractivity contribution in [2.24, 2.45) is 0 Å². The van der Waals surface area contributed by atoms with Gasteiger partial charge in [0.2, 0.25) is 0 Å². The van der Waals surface area contributed by atoms with E-state index in [9.17, 15) is 28.9 Å². The van der Waals surface area contributed by atoms with E-state index in [1.54, 1.807) is 0 Å². The molecule has 0 aromatic carbocycles. The summed E-state index contributed by atoms with van der Waals surface area (Å²) in [5, 5.41) is 20.4. The van der Waals surface area contributed by atoms with E-state index in [4.69, 9.17) is 9.63 Å². The van der Waals surface area contributed by atoms with Gasteiger partial charge in [-0.3, -0.25) is 9.13 Å². The van der Waals surface area contributed by atoms with Crippen molar-refractivity contribution in [2.45, 2.75) is 24.6 Å². The van der Waals surface area contributed by atoms with E-state index in [1.165, 1.54) is 0 Å². The predicted octanol–water partition coefficient (Wildman–Crippen LogP) is -8.60. The first-order valence-corrected chi connectivity index (χ1v) is 7.11. The van der Waals surface area contributed by atoms with Gasteiger partial charge in [-0.25, -0.2) is 14.2 Å². The molecular formula is C9H10FN2Na2O8P. The van der Waals surface area contributed by atoms with E-state index in [-0.39, 0.29) is 59.1 Å².